The highest BCUT2D eigenvalue weighted by molar-refractivity contribution is 7.82. The SMILES string of the molecule is CC(C)(C)c1ccc(S(=O)N2CC(F)C2)cc1. The molecule has 1 aromatic carbocycles. The van der Waals surface area contributed by atoms with E-state index < -0.39 is 17.2 Å². The molecule has 0 N–H and O–H groups in total. The summed E-state index contributed by atoms with van der Waals surface area (Å²) in [6, 6.07) is 7.75. The fourth-order valence-corrected chi connectivity index (χ4v) is 3.01. The van der Waals surface area contributed by atoms with Crippen LogP contribution in [0, 0.1) is 0 Å². The van der Waals surface area contributed by atoms with Gasteiger partial charge in [-0.05, 0) is 23.1 Å². The van der Waals surface area contributed by atoms with E-state index in [4.69, 9.17) is 0 Å². The summed E-state index contributed by atoms with van der Waals surface area (Å²) < 4.78 is 26.3. The van der Waals surface area contributed by atoms with E-state index in [-0.39, 0.29) is 18.5 Å². The Morgan fingerprint density at radius 3 is 2.18 bits per heavy atom. The lowest BCUT2D eigenvalue weighted by atomic mass is 9.87. The molecule has 0 bridgehead atoms. The Hall–Kier alpha value is -0.740. The minimum Gasteiger partial charge on any atom is -0.245 e. The van der Waals surface area contributed by atoms with Gasteiger partial charge in [0.05, 0.1) is 4.90 Å². The number of hydrogen-bond donors (Lipinski definition) is 0. The molecule has 17 heavy (non-hydrogen) atoms. The van der Waals surface area contributed by atoms with Gasteiger partial charge >= 0.3 is 0 Å². The van der Waals surface area contributed by atoms with Crippen LogP contribution in [0.25, 0.3) is 0 Å². The maximum Gasteiger partial charge on any atom is 0.127 e. The molecule has 0 spiro atoms. The van der Waals surface area contributed by atoms with Gasteiger partial charge in [-0.15, -0.1) is 0 Å². The van der Waals surface area contributed by atoms with Crippen LogP contribution in [0.15, 0.2) is 29.2 Å². The molecule has 0 amide bonds. The molecule has 1 aliphatic rings. The lowest BCUT2D eigenvalue weighted by Gasteiger charge is -2.32. The standard InChI is InChI=1S/C13H18FNOS/c1-13(2,3)10-4-6-12(7-5-10)17(16)15-8-11(14)9-15/h4-7,11H,8-9H2,1-3H3. The van der Waals surface area contributed by atoms with Gasteiger partial charge in [0.2, 0.25) is 0 Å². The van der Waals surface area contributed by atoms with E-state index in [0.29, 0.717) is 0 Å². The van der Waals surface area contributed by atoms with Gasteiger partial charge in [0.15, 0.2) is 0 Å². The minimum absolute atomic E-state index is 0.0980. The fraction of sp³-hybridized carbons (Fsp3) is 0.538. The van der Waals surface area contributed by atoms with Crippen LogP contribution >= 0.6 is 0 Å². The summed E-state index contributed by atoms with van der Waals surface area (Å²) in [4.78, 5) is 0.755. The van der Waals surface area contributed by atoms with Crippen molar-refractivity contribution in [2.24, 2.45) is 0 Å². The van der Waals surface area contributed by atoms with Crippen molar-refractivity contribution in [3.63, 3.8) is 0 Å². The zero-order valence-electron chi connectivity index (χ0n) is 10.4. The molecule has 2 rings (SSSR count). The van der Waals surface area contributed by atoms with Gasteiger partial charge in [0.25, 0.3) is 0 Å². The Kier molecular flexibility index (Phi) is 3.36. The Labute approximate surface area is 104 Å². The maximum atomic E-state index is 12.7. The van der Waals surface area contributed by atoms with E-state index in [1.165, 1.54) is 5.56 Å². The zero-order chi connectivity index (χ0) is 12.6. The summed E-state index contributed by atoms with van der Waals surface area (Å²) in [6.45, 7) is 6.99. The first-order chi connectivity index (χ1) is 7.88. The summed E-state index contributed by atoms with van der Waals surface area (Å²) in [7, 11) is -1.20. The summed E-state index contributed by atoms with van der Waals surface area (Å²) in [5, 5.41) is 0. The van der Waals surface area contributed by atoms with Crippen LogP contribution in [0.4, 0.5) is 4.39 Å². The molecule has 1 aromatic rings. The fourth-order valence-electron chi connectivity index (χ4n) is 1.74. The Morgan fingerprint density at radius 1 is 1.24 bits per heavy atom. The van der Waals surface area contributed by atoms with Gasteiger partial charge in [-0.3, -0.25) is 0 Å². The van der Waals surface area contributed by atoms with Crippen LogP contribution in [-0.4, -0.2) is 27.8 Å². The predicted octanol–water partition coefficient (Wildman–Crippen LogP) is 2.66. The summed E-state index contributed by atoms with van der Waals surface area (Å²) in [5.74, 6) is 0. The third-order valence-corrected chi connectivity index (χ3v) is 4.40. The third kappa shape index (κ3) is 2.75. The molecule has 94 valence electrons. The summed E-state index contributed by atoms with van der Waals surface area (Å²) in [5.41, 5.74) is 1.31. The van der Waals surface area contributed by atoms with E-state index >= 15 is 0 Å². The van der Waals surface area contributed by atoms with Gasteiger partial charge in [0, 0.05) is 13.1 Å². The van der Waals surface area contributed by atoms with Crippen LogP contribution in [-0.2, 0) is 16.4 Å². The van der Waals surface area contributed by atoms with Gasteiger partial charge < -0.3 is 0 Å². The second-order valence-corrected chi connectivity index (χ2v) is 6.95. The molecule has 1 unspecified atom stereocenters. The van der Waals surface area contributed by atoms with Crippen molar-refractivity contribution >= 4 is 11.0 Å². The molecule has 1 aliphatic heterocycles. The number of hydrogen-bond acceptors (Lipinski definition) is 1. The Balaban J connectivity index is 2.10. The average Bonchev–Trinajstić information content (AvgIpc) is 2.23. The van der Waals surface area contributed by atoms with E-state index in [0.717, 1.165) is 4.90 Å². The number of benzene rings is 1. The first-order valence-corrected chi connectivity index (χ1v) is 6.90. The number of nitrogens with zero attached hydrogens (tertiary/aromatic N) is 1. The first kappa shape index (κ1) is 12.7. The largest absolute Gasteiger partial charge is 0.245 e. The highest BCUT2D eigenvalue weighted by Crippen LogP contribution is 2.25. The lowest BCUT2D eigenvalue weighted by Crippen LogP contribution is -2.48. The second kappa shape index (κ2) is 4.50. The van der Waals surface area contributed by atoms with Gasteiger partial charge in [-0.25, -0.2) is 12.9 Å². The normalized spacial score (nSPS) is 20.0. The van der Waals surface area contributed by atoms with Crippen LogP contribution in [0.3, 0.4) is 0 Å². The molecular formula is C13H18FNOS. The molecule has 4 heteroatoms. The Bertz CT molecular complexity index is 418. The molecule has 1 saturated heterocycles. The Morgan fingerprint density at radius 2 is 1.76 bits per heavy atom. The van der Waals surface area contributed by atoms with Gasteiger partial charge in [-0.2, -0.15) is 0 Å². The van der Waals surface area contributed by atoms with Crippen LogP contribution in [0.1, 0.15) is 26.3 Å². The van der Waals surface area contributed by atoms with Crippen molar-refractivity contribution < 1.29 is 8.60 Å². The zero-order valence-corrected chi connectivity index (χ0v) is 11.3. The third-order valence-electron chi connectivity index (χ3n) is 2.96. The smallest absolute Gasteiger partial charge is 0.127 e. The van der Waals surface area contributed by atoms with Crippen molar-refractivity contribution in [1.29, 1.82) is 0 Å². The summed E-state index contributed by atoms with van der Waals surface area (Å²) >= 11 is 0. The van der Waals surface area contributed by atoms with Crippen LogP contribution < -0.4 is 0 Å². The molecule has 1 heterocycles. The molecule has 0 aliphatic carbocycles. The molecule has 0 aromatic heterocycles. The van der Waals surface area contributed by atoms with Crippen molar-refractivity contribution in [3.05, 3.63) is 29.8 Å². The topological polar surface area (TPSA) is 20.3 Å². The van der Waals surface area contributed by atoms with Crippen molar-refractivity contribution in [2.75, 3.05) is 13.1 Å². The van der Waals surface area contributed by atoms with E-state index in [1.54, 1.807) is 4.31 Å². The van der Waals surface area contributed by atoms with E-state index in [9.17, 15) is 8.60 Å². The molecule has 1 fully saturated rings. The van der Waals surface area contributed by atoms with Gasteiger partial charge in [-0.1, -0.05) is 32.9 Å². The van der Waals surface area contributed by atoms with E-state index in [2.05, 4.69) is 20.8 Å². The summed E-state index contributed by atoms with van der Waals surface area (Å²) in [6.07, 6.45) is -0.812. The highest BCUT2D eigenvalue weighted by atomic mass is 32.2. The minimum atomic E-state index is -1.20. The number of alkyl halides is 1. The van der Waals surface area contributed by atoms with Crippen LogP contribution in [0.5, 0.6) is 0 Å². The van der Waals surface area contributed by atoms with Crippen molar-refractivity contribution in [3.8, 4) is 0 Å². The number of rotatable bonds is 2. The molecular weight excluding hydrogens is 237 g/mol. The van der Waals surface area contributed by atoms with Gasteiger partial charge in [0.1, 0.15) is 17.2 Å². The van der Waals surface area contributed by atoms with Crippen molar-refractivity contribution in [1.82, 2.24) is 4.31 Å². The molecule has 0 saturated carbocycles. The second-order valence-electron chi connectivity index (χ2n) is 5.47. The first-order valence-electron chi connectivity index (χ1n) is 5.79. The quantitative estimate of drug-likeness (QED) is 0.795. The average molecular weight is 255 g/mol. The maximum absolute atomic E-state index is 12.7. The monoisotopic (exact) mass is 255 g/mol. The predicted molar refractivity (Wildman–Crippen MR) is 68.0 cm³/mol. The van der Waals surface area contributed by atoms with Crippen LogP contribution in [0.2, 0.25) is 0 Å². The number of halogens is 1. The molecule has 0 radical (unpaired) electrons. The lowest BCUT2D eigenvalue weighted by molar-refractivity contribution is 0.147. The van der Waals surface area contributed by atoms with Crippen molar-refractivity contribution in [2.45, 2.75) is 37.3 Å². The molecule has 1 atom stereocenters. The van der Waals surface area contributed by atoms with E-state index in [1.807, 2.05) is 24.3 Å². The highest BCUT2D eigenvalue weighted by Gasteiger charge is 2.31. The molecule has 2 nitrogen and oxygen atoms in total.